The molecule has 4 unspecified atom stereocenters. The Kier molecular flexibility index (Phi) is 10.6. The maximum atomic E-state index is 15.5. The summed E-state index contributed by atoms with van der Waals surface area (Å²) in [4.78, 5) is 22.3. The lowest BCUT2D eigenvalue weighted by Crippen LogP contribution is -2.73. The molecule has 0 aromatic heterocycles. The van der Waals surface area contributed by atoms with Crippen molar-refractivity contribution in [1.82, 2.24) is 5.32 Å². The van der Waals surface area contributed by atoms with Gasteiger partial charge in [0.1, 0.15) is 5.60 Å². The van der Waals surface area contributed by atoms with E-state index in [0.717, 1.165) is 0 Å². The largest absolute Gasteiger partial charge is 0.434 e. The Hall–Kier alpha value is -1.16. The molecule has 0 aliphatic carbocycles. The summed E-state index contributed by atoms with van der Waals surface area (Å²) in [6.45, 7) is 3.35. The predicted molar refractivity (Wildman–Crippen MR) is 111 cm³/mol. The van der Waals surface area contributed by atoms with Crippen LogP contribution in [0.15, 0.2) is 0 Å². The fourth-order valence-electron chi connectivity index (χ4n) is 3.39. The van der Waals surface area contributed by atoms with E-state index in [9.17, 15) is 53.5 Å². The summed E-state index contributed by atoms with van der Waals surface area (Å²) in [5, 5.41) is 1.52. The molecule has 5 atom stereocenters. The van der Waals surface area contributed by atoms with Crippen LogP contribution in [0.25, 0.3) is 0 Å². The number of hydrogen-bond acceptors (Lipinski definition) is 3. The van der Waals surface area contributed by atoms with Crippen LogP contribution in [0.5, 0.6) is 0 Å². The lowest BCUT2D eigenvalue weighted by Gasteiger charge is -2.48. The van der Waals surface area contributed by atoms with Gasteiger partial charge in [-0.2, -0.15) is 35.1 Å². The topological polar surface area (TPSA) is 58.6 Å². The van der Waals surface area contributed by atoms with Crippen LogP contribution in [-0.2, 0) is 9.53 Å². The number of ether oxygens (including phenoxy) is 1. The van der Waals surface area contributed by atoms with Crippen molar-refractivity contribution in [3.63, 3.8) is 0 Å². The fraction of sp³-hybridized carbons (Fsp3) is 0.950. The highest BCUT2D eigenvalue weighted by Gasteiger charge is 2.83. The van der Waals surface area contributed by atoms with Crippen LogP contribution in [0.3, 0.4) is 0 Å². The molecule has 1 amide bonds. The Morgan fingerprint density at radius 2 is 1.33 bits per heavy atom. The van der Waals surface area contributed by atoms with Crippen molar-refractivity contribution in [1.29, 1.82) is 0 Å². The van der Waals surface area contributed by atoms with Crippen LogP contribution < -0.4 is 5.32 Å². The summed E-state index contributed by atoms with van der Waals surface area (Å²) >= 11 is 0. The van der Waals surface area contributed by atoms with Crippen LogP contribution >= 0.6 is 0 Å². The van der Waals surface area contributed by atoms with Crippen LogP contribution in [0.2, 0.25) is 18.6 Å². The van der Waals surface area contributed by atoms with Gasteiger partial charge in [-0.15, -0.1) is 0 Å². The number of rotatable bonds is 13. The van der Waals surface area contributed by atoms with Crippen molar-refractivity contribution in [3.05, 3.63) is 0 Å². The molecule has 0 radical (unpaired) electrons. The van der Waals surface area contributed by atoms with E-state index < -0.39 is 74.7 Å². The van der Waals surface area contributed by atoms with Gasteiger partial charge in [0.2, 0.25) is 0 Å². The van der Waals surface area contributed by atoms with Crippen molar-refractivity contribution >= 4 is 14.2 Å². The van der Waals surface area contributed by atoms with E-state index in [1.165, 1.54) is 11.9 Å². The van der Waals surface area contributed by atoms with Crippen LogP contribution in [0, 0.1) is 0 Å². The molecule has 216 valence electrons. The summed E-state index contributed by atoms with van der Waals surface area (Å²) in [5.41, 5.74) is -20.2. The standard InChI is InChI=1S/C20H32F11NO3Si/c1-7-14(4,21)17(23,19(27,28)29)20(30,31)35-15(5,8-2)16(22,18(24,25)26)13(33)32-11-10-12-36(6,34)9-3/h34H,7-12H2,1-6H3,(H,32,33)/t14?,15?,16?,17-,36?/m0/s1. The quantitative estimate of drug-likeness (QED) is 0.150. The highest BCUT2D eigenvalue weighted by molar-refractivity contribution is 6.71. The lowest BCUT2D eigenvalue weighted by molar-refractivity contribution is -0.442. The van der Waals surface area contributed by atoms with Crippen LogP contribution in [-0.4, -0.2) is 66.6 Å². The maximum Gasteiger partial charge on any atom is 0.434 e. The zero-order valence-electron chi connectivity index (χ0n) is 20.7. The highest BCUT2D eigenvalue weighted by Crippen LogP contribution is 2.58. The Bertz CT molecular complexity index is 760. The number of amides is 1. The van der Waals surface area contributed by atoms with Crippen molar-refractivity contribution in [2.24, 2.45) is 0 Å². The number of hydrogen-bond donors (Lipinski definition) is 2. The second-order valence-electron chi connectivity index (χ2n) is 9.28. The lowest BCUT2D eigenvalue weighted by atomic mass is 9.80. The van der Waals surface area contributed by atoms with Gasteiger partial charge in [-0.1, -0.05) is 20.8 Å². The third-order valence-corrected chi connectivity index (χ3v) is 9.53. The van der Waals surface area contributed by atoms with E-state index in [4.69, 9.17) is 0 Å². The van der Waals surface area contributed by atoms with Crippen LogP contribution in [0.4, 0.5) is 48.3 Å². The van der Waals surface area contributed by atoms with Gasteiger partial charge < -0.3 is 14.8 Å². The molecule has 0 aliphatic rings. The van der Waals surface area contributed by atoms with E-state index in [0.29, 0.717) is 19.9 Å². The first-order valence-electron chi connectivity index (χ1n) is 11.1. The molecule has 2 N–H and O–H groups in total. The molecule has 0 heterocycles. The van der Waals surface area contributed by atoms with Gasteiger partial charge in [0.25, 0.3) is 5.91 Å². The van der Waals surface area contributed by atoms with E-state index in [-0.39, 0.29) is 26.3 Å². The van der Waals surface area contributed by atoms with Gasteiger partial charge >= 0.3 is 29.8 Å². The summed E-state index contributed by atoms with van der Waals surface area (Å²) in [7, 11) is -2.74. The zero-order chi connectivity index (χ0) is 29.2. The SMILES string of the molecule is CCC(C)(OC(F)(F)[C@@](F)(C(F)(F)F)C(C)(F)CC)C(F)(C(=O)NCCC[Si](C)(O)CC)C(F)(F)F. The molecule has 0 aromatic carbocycles. The van der Waals surface area contributed by atoms with E-state index in [2.05, 4.69) is 4.74 Å². The molecule has 0 fully saturated rings. The van der Waals surface area contributed by atoms with E-state index >= 15 is 4.39 Å². The summed E-state index contributed by atoms with van der Waals surface area (Å²) in [5.74, 6) is -2.58. The second kappa shape index (κ2) is 10.9. The van der Waals surface area contributed by atoms with Gasteiger partial charge in [-0.05, 0) is 51.7 Å². The number of nitrogens with one attached hydrogen (secondary N) is 1. The minimum Gasteiger partial charge on any atom is -0.432 e. The third-order valence-electron chi connectivity index (χ3n) is 6.57. The Morgan fingerprint density at radius 1 is 0.861 bits per heavy atom. The van der Waals surface area contributed by atoms with Gasteiger partial charge in [0.15, 0.2) is 14.0 Å². The highest BCUT2D eigenvalue weighted by atomic mass is 28.4. The summed E-state index contributed by atoms with van der Waals surface area (Å²) in [6, 6.07) is 0.416. The number of carbonyl (C=O) groups excluding carboxylic acids is 1. The number of alkyl halides is 11. The van der Waals surface area contributed by atoms with E-state index in [1.807, 2.05) is 0 Å². The predicted octanol–water partition coefficient (Wildman–Crippen LogP) is 6.54. The maximum absolute atomic E-state index is 15.5. The molecule has 0 spiro atoms. The van der Waals surface area contributed by atoms with Gasteiger partial charge in [-0.25, -0.2) is 13.2 Å². The van der Waals surface area contributed by atoms with Crippen molar-refractivity contribution in [3.8, 4) is 0 Å². The Morgan fingerprint density at radius 3 is 1.67 bits per heavy atom. The minimum atomic E-state index is -6.72. The van der Waals surface area contributed by atoms with Gasteiger partial charge in [0.05, 0.1) is 0 Å². The molecule has 4 nitrogen and oxygen atoms in total. The molecule has 16 heteroatoms. The molecule has 0 rings (SSSR count). The first-order valence-corrected chi connectivity index (χ1v) is 13.9. The van der Waals surface area contributed by atoms with Crippen LogP contribution in [0.1, 0.15) is 53.9 Å². The first-order chi connectivity index (χ1) is 15.8. The normalized spacial score (nSPS) is 21.9. The number of carbonyl (C=O) groups is 1. The molecular formula is C20H32F11NO3Si. The molecule has 0 aromatic rings. The van der Waals surface area contributed by atoms with Gasteiger partial charge in [0, 0.05) is 6.54 Å². The van der Waals surface area contributed by atoms with Crippen molar-refractivity contribution < 1.29 is 62.6 Å². The molecule has 36 heavy (non-hydrogen) atoms. The van der Waals surface area contributed by atoms with Gasteiger partial charge in [-0.3, -0.25) is 4.79 Å². The summed E-state index contributed by atoms with van der Waals surface area (Å²) < 4.78 is 160. The molecule has 0 aliphatic heterocycles. The second-order valence-corrected chi connectivity index (χ2v) is 13.5. The average molecular weight is 572 g/mol. The van der Waals surface area contributed by atoms with Crippen molar-refractivity contribution in [2.45, 2.75) is 114 Å². The Labute approximate surface area is 203 Å². The Balaban J connectivity index is 6.50. The zero-order valence-corrected chi connectivity index (χ0v) is 21.7. The minimum absolute atomic E-state index is 0.0662. The smallest absolute Gasteiger partial charge is 0.432 e. The molecular weight excluding hydrogens is 539 g/mol. The monoisotopic (exact) mass is 571 g/mol. The fourth-order valence-corrected chi connectivity index (χ4v) is 4.68. The molecule has 0 bridgehead atoms. The average Bonchev–Trinajstić information content (AvgIpc) is 2.72. The first kappa shape index (κ1) is 34.8. The summed E-state index contributed by atoms with van der Waals surface area (Å²) in [6.07, 6.45) is -22.6. The molecule has 0 saturated heterocycles. The van der Waals surface area contributed by atoms with Crippen molar-refractivity contribution in [2.75, 3.05) is 6.54 Å². The number of halogens is 11. The molecule has 0 saturated carbocycles. The third kappa shape index (κ3) is 6.27. The van der Waals surface area contributed by atoms with E-state index in [1.54, 1.807) is 6.92 Å².